The van der Waals surface area contributed by atoms with E-state index in [2.05, 4.69) is 15.5 Å². The maximum Gasteiger partial charge on any atom is 0.263 e. The number of carbonyl (C=O) groups excluding carboxylic acids is 1. The first-order chi connectivity index (χ1) is 9.04. The fraction of sp³-hybridized carbons (Fsp3) is 0.231. The number of rotatable bonds is 4. The van der Waals surface area contributed by atoms with Gasteiger partial charge in [-0.2, -0.15) is 5.10 Å². The van der Waals surface area contributed by atoms with Gasteiger partial charge in [-0.1, -0.05) is 11.6 Å². The van der Waals surface area contributed by atoms with E-state index >= 15 is 0 Å². The third-order valence-electron chi connectivity index (χ3n) is 2.47. The van der Waals surface area contributed by atoms with Crippen LogP contribution in [0.3, 0.4) is 0 Å². The number of hydrogen-bond acceptors (Lipinski definition) is 3. The average Bonchev–Trinajstić information content (AvgIpc) is 2.76. The molecule has 100 valence electrons. The Balaban J connectivity index is 1.88. The molecule has 0 aliphatic carbocycles. The third-order valence-corrected chi connectivity index (χ3v) is 2.90. The van der Waals surface area contributed by atoms with E-state index in [1.807, 2.05) is 13.8 Å². The van der Waals surface area contributed by atoms with Crippen LogP contribution in [-0.4, -0.2) is 22.7 Å². The molecule has 0 fully saturated rings. The lowest BCUT2D eigenvalue weighted by atomic mass is 10.2. The van der Waals surface area contributed by atoms with Crippen LogP contribution in [0.2, 0.25) is 5.02 Å². The number of hydrogen-bond donors (Lipinski definition) is 2. The van der Waals surface area contributed by atoms with Crippen LogP contribution in [0, 0.1) is 13.8 Å². The highest BCUT2D eigenvalue weighted by Crippen LogP contribution is 2.20. The van der Waals surface area contributed by atoms with Crippen molar-refractivity contribution in [3.8, 4) is 5.75 Å². The molecule has 1 aromatic carbocycles. The predicted octanol–water partition coefficient (Wildman–Crippen LogP) is 2.70. The molecule has 2 N–H and O–H groups in total. The topological polar surface area (TPSA) is 67.0 Å². The first-order valence-corrected chi connectivity index (χ1v) is 6.13. The fourth-order valence-electron chi connectivity index (χ4n) is 1.52. The predicted molar refractivity (Wildman–Crippen MR) is 73.6 cm³/mol. The molecule has 0 aliphatic rings. The van der Waals surface area contributed by atoms with Crippen molar-refractivity contribution in [2.75, 3.05) is 11.9 Å². The van der Waals surface area contributed by atoms with Gasteiger partial charge < -0.3 is 10.1 Å². The van der Waals surface area contributed by atoms with Crippen LogP contribution < -0.4 is 10.1 Å². The molecular weight excluding hydrogens is 266 g/mol. The first-order valence-electron chi connectivity index (χ1n) is 5.75. The Morgan fingerprint density at radius 3 is 2.84 bits per heavy atom. The number of nitrogens with zero attached hydrogens (tertiary/aromatic N) is 1. The zero-order chi connectivity index (χ0) is 13.8. The molecule has 19 heavy (non-hydrogen) atoms. The number of aromatic nitrogens is 2. The molecule has 0 spiro atoms. The summed E-state index contributed by atoms with van der Waals surface area (Å²) in [6.07, 6.45) is 0. The number of anilines is 1. The molecule has 2 aromatic rings. The Hall–Kier alpha value is -2.01. The number of H-pyrrole nitrogens is 1. The number of ether oxygens (including phenoxy) is 1. The second kappa shape index (κ2) is 5.75. The van der Waals surface area contributed by atoms with Gasteiger partial charge in [0, 0.05) is 16.8 Å². The molecule has 6 heteroatoms. The number of aromatic amines is 1. The Morgan fingerprint density at radius 1 is 1.42 bits per heavy atom. The summed E-state index contributed by atoms with van der Waals surface area (Å²) in [6, 6.07) is 6.99. The van der Waals surface area contributed by atoms with Crippen LogP contribution in [0.25, 0.3) is 0 Å². The number of aryl methyl sites for hydroxylation is 2. The number of amides is 1. The van der Waals surface area contributed by atoms with E-state index in [0.717, 1.165) is 11.3 Å². The van der Waals surface area contributed by atoms with E-state index < -0.39 is 0 Å². The molecule has 0 saturated carbocycles. The van der Waals surface area contributed by atoms with E-state index in [1.54, 1.807) is 24.3 Å². The van der Waals surface area contributed by atoms with Gasteiger partial charge in [0.05, 0.1) is 0 Å². The SMILES string of the molecule is Cc1cc(NC(=O)COc2ccc(Cl)c(C)c2)n[nH]1. The van der Waals surface area contributed by atoms with Gasteiger partial charge in [-0.25, -0.2) is 0 Å². The van der Waals surface area contributed by atoms with Crippen molar-refractivity contribution in [3.63, 3.8) is 0 Å². The van der Waals surface area contributed by atoms with E-state index in [0.29, 0.717) is 16.6 Å². The molecule has 0 bridgehead atoms. The smallest absolute Gasteiger partial charge is 0.263 e. The highest BCUT2D eigenvalue weighted by Gasteiger charge is 2.06. The van der Waals surface area contributed by atoms with Crippen molar-refractivity contribution in [3.05, 3.63) is 40.5 Å². The van der Waals surface area contributed by atoms with Crippen LogP contribution in [0.15, 0.2) is 24.3 Å². The van der Waals surface area contributed by atoms with Gasteiger partial charge >= 0.3 is 0 Å². The summed E-state index contributed by atoms with van der Waals surface area (Å²) in [5.74, 6) is 0.827. The van der Waals surface area contributed by atoms with Crippen LogP contribution in [0.4, 0.5) is 5.82 Å². The quantitative estimate of drug-likeness (QED) is 0.904. The minimum absolute atomic E-state index is 0.0764. The van der Waals surface area contributed by atoms with Crippen LogP contribution in [0.1, 0.15) is 11.3 Å². The Bertz CT molecular complexity index is 595. The van der Waals surface area contributed by atoms with Crippen molar-refractivity contribution in [1.29, 1.82) is 0 Å². The molecule has 0 saturated heterocycles. The van der Waals surface area contributed by atoms with Gasteiger partial charge in [-0.3, -0.25) is 9.89 Å². The Morgan fingerprint density at radius 2 is 2.21 bits per heavy atom. The second-order valence-corrected chi connectivity index (χ2v) is 4.59. The molecular formula is C13H14ClN3O2. The van der Waals surface area contributed by atoms with Crippen LogP contribution >= 0.6 is 11.6 Å². The normalized spacial score (nSPS) is 10.3. The van der Waals surface area contributed by atoms with Crippen LogP contribution in [-0.2, 0) is 4.79 Å². The molecule has 0 aliphatic heterocycles. The van der Waals surface area contributed by atoms with Crippen molar-refractivity contribution in [1.82, 2.24) is 10.2 Å². The van der Waals surface area contributed by atoms with Crippen LogP contribution in [0.5, 0.6) is 5.75 Å². The number of carbonyl (C=O) groups is 1. The molecule has 2 rings (SSSR count). The number of nitrogens with one attached hydrogen (secondary N) is 2. The van der Waals surface area contributed by atoms with Gasteiger partial charge in [-0.15, -0.1) is 0 Å². The summed E-state index contributed by atoms with van der Waals surface area (Å²) in [5.41, 5.74) is 1.78. The van der Waals surface area contributed by atoms with E-state index in [9.17, 15) is 4.79 Å². The Labute approximate surface area is 115 Å². The van der Waals surface area contributed by atoms with Crippen molar-refractivity contribution < 1.29 is 9.53 Å². The lowest BCUT2D eigenvalue weighted by Crippen LogP contribution is -2.20. The van der Waals surface area contributed by atoms with Gasteiger partial charge in [0.15, 0.2) is 12.4 Å². The highest BCUT2D eigenvalue weighted by atomic mass is 35.5. The van der Waals surface area contributed by atoms with Gasteiger partial charge in [0.2, 0.25) is 0 Å². The highest BCUT2D eigenvalue weighted by molar-refractivity contribution is 6.31. The third kappa shape index (κ3) is 3.72. The van der Waals surface area contributed by atoms with Crippen molar-refractivity contribution in [2.24, 2.45) is 0 Å². The maximum absolute atomic E-state index is 11.6. The molecule has 5 nitrogen and oxygen atoms in total. The molecule has 0 atom stereocenters. The fourth-order valence-corrected chi connectivity index (χ4v) is 1.63. The summed E-state index contributed by atoms with van der Waals surface area (Å²) in [7, 11) is 0. The standard InChI is InChI=1S/C13H14ClN3O2/c1-8-5-10(3-4-11(8)14)19-7-13(18)15-12-6-9(2)16-17-12/h3-6H,7H2,1-2H3,(H2,15,16,17,18). The monoisotopic (exact) mass is 279 g/mol. The summed E-state index contributed by atoms with van der Waals surface area (Å²) in [6.45, 7) is 3.66. The minimum atomic E-state index is -0.265. The Kier molecular flexibility index (Phi) is 4.06. The van der Waals surface area contributed by atoms with Gasteiger partial charge in [-0.05, 0) is 37.6 Å². The molecule has 1 amide bonds. The molecule has 1 aromatic heterocycles. The summed E-state index contributed by atoms with van der Waals surface area (Å²) < 4.78 is 5.37. The molecule has 1 heterocycles. The van der Waals surface area contributed by atoms with E-state index in [4.69, 9.17) is 16.3 Å². The summed E-state index contributed by atoms with van der Waals surface area (Å²) >= 11 is 5.91. The van der Waals surface area contributed by atoms with Gasteiger partial charge in [0.1, 0.15) is 5.75 Å². The second-order valence-electron chi connectivity index (χ2n) is 4.18. The lowest BCUT2D eigenvalue weighted by Gasteiger charge is -2.07. The minimum Gasteiger partial charge on any atom is -0.484 e. The molecule has 0 unspecified atom stereocenters. The lowest BCUT2D eigenvalue weighted by molar-refractivity contribution is -0.118. The molecule has 0 radical (unpaired) electrons. The zero-order valence-electron chi connectivity index (χ0n) is 10.7. The van der Waals surface area contributed by atoms with E-state index in [-0.39, 0.29) is 12.5 Å². The average molecular weight is 280 g/mol. The zero-order valence-corrected chi connectivity index (χ0v) is 11.4. The van der Waals surface area contributed by atoms with E-state index in [1.165, 1.54) is 0 Å². The first kappa shape index (κ1) is 13.4. The largest absolute Gasteiger partial charge is 0.484 e. The number of halogens is 1. The van der Waals surface area contributed by atoms with Crippen molar-refractivity contribution >= 4 is 23.3 Å². The summed E-state index contributed by atoms with van der Waals surface area (Å²) in [4.78, 5) is 11.6. The summed E-state index contributed by atoms with van der Waals surface area (Å²) in [5, 5.41) is 9.94. The van der Waals surface area contributed by atoms with Crippen molar-refractivity contribution in [2.45, 2.75) is 13.8 Å². The van der Waals surface area contributed by atoms with Gasteiger partial charge in [0.25, 0.3) is 5.91 Å². The maximum atomic E-state index is 11.6. The number of benzene rings is 1.